The van der Waals surface area contributed by atoms with Gasteiger partial charge in [-0.05, 0) is 81.9 Å². The maximum atomic E-state index is 14.0. The molecule has 2 saturated heterocycles. The van der Waals surface area contributed by atoms with Crippen molar-refractivity contribution in [2.75, 3.05) is 46.4 Å². The van der Waals surface area contributed by atoms with E-state index in [-0.39, 0.29) is 17.6 Å². The number of carbonyl (C=O) groups excluding carboxylic acids is 2. The Kier molecular flexibility index (Phi) is 12.6. The van der Waals surface area contributed by atoms with Crippen molar-refractivity contribution in [3.63, 3.8) is 0 Å². The number of aromatic amines is 1. The summed E-state index contributed by atoms with van der Waals surface area (Å²) < 4.78 is 29.2. The van der Waals surface area contributed by atoms with Crippen molar-refractivity contribution in [1.29, 1.82) is 0 Å². The zero-order valence-electron chi connectivity index (χ0n) is 24.6. The van der Waals surface area contributed by atoms with Gasteiger partial charge in [0.05, 0.1) is 12.2 Å². The number of benzene rings is 1. The van der Waals surface area contributed by atoms with Crippen LogP contribution in [-0.4, -0.2) is 88.5 Å². The fourth-order valence-corrected chi connectivity index (χ4v) is 5.90. The Morgan fingerprint density at radius 3 is 2.55 bits per heavy atom. The van der Waals surface area contributed by atoms with Crippen LogP contribution in [0.2, 0.25) is 0 Å². The highest BCUT2D eigenvalue weighted by atomic mass is 19.2. The molecule has 0 bridgehead atoms. The monoisotopic (exact) mass is 587 g/mol. The Morgan fingerprint density at radius 1 is 1.12 bits per heavy atom. The van der Waals surface area contributed by atoms with Gasteiger partial charge in [0.25, 0.3) is 0 Å². The van der Waals surface area contributed by atoms with Gasteiger partial charge in [0.1, 0.15) is 6.79 Å². The van der Waals surface area contributed by atoms with Gasteiger partial charge in [0.2, 0.25) is 0 Å². The first-order valence-corrected chi connectivity index (χ1v) is 14.5. The van der Waals surface area contributed by atoms with Crippen molar-refractivity contribution >= 4 is 24.0 Å². The molecule has 1 aromatic carbocycles. The molecule has 5 rings (SSSR count). The summed E-state index contributed by atoms with van der Waals surface area (Å²) in [4.78, 5) is 44.3. The zero-order chi connectivity index (χ0) is 30.6. The normalized spacial score (nSPS) is 18.1. The van der Waals surface area contributed by atoms with Crippen LogP contribution in [0.3, 0.4) is 0 Å². The Hall–Kier alpha value is -3.64. The van der Waals surface area contributed by atoms with Crippen LogP contribution in [0.25, 0.3) is 11.2 Å². The van der Waals surface area contributed by atoms with Crippen LogP contribution in [0.15, 0.2) is 41.3 Å². The number of pyridine rings is 1. The highest BCUT2D eigenvalue weighted by Gasteiger charge is 2.25. The number of halogens is 2. The number of H-pyrrole nitrogens is 1. The predicted octanol–water partition coefficient (Wildman–Crippen LogP) is 4.09. The van der Waals surface area contributed by atoms with Crippen molar-refractivity contribution in [1.82, 2.24) is 29.2 Å². The molecular weight excluding hydrogens is 544 g/mol. The van der Waals surface area contributed by atoms with E-state index in [1.165, 1.54) is 6.07 Å². The molecular formula is C30H43F2N7O3. The first-order valence-electron chi connectivity index (χ1n) is 14.5. The number of imidazole rings is 1. The topological polar surface area (TPSA) is 121 Å². The molecule has 0 aliphatic carbocycles. The lowest BCUT2D eigenvalue weighted by molar-refractivity contribution is -0.0980. The number of hydrogen-bond donors (Lipinski definition) is 2. The average molecular weight is 588 g/mol. The molecule has 0 saturated carbocycles. The third kappa shape index (κ3) is 8.45. The third-order valence-electron chi connectivity index (χ3n) is 7.85. The van der Waals surface area contributed by atoms with Gasteiger partial charge in [-0.2, -0.15) is 0 Å². The number of amides is 2. The Balaban J connectivity index is 0.000000218. The number of hydrogen-bond acceptors (Lipinski definition) is 6. The number of rotatable bonds is 6. The molecule has 3 aromatic rings. The highest BCUT2D eigenvalue weighted by molar-refractivity contribution is 5.72. The van der Waals surface area contributed by atoms with Crippen molar-refractivity contribution in [2.24, 2.45) is 5.73 Å². The largest absolute Gasteiger partial charge is 0.351 e. The molecule has 0 spiro atoms. The second kappa shape index (κ2) is 16.1. The lowest BCUT2D eigenvalue weighted by Gasteiger charge is -2.31. The van der Waals surface area contributed by atoms with Crippen LogP contribution >= 0.6 is 0 Å². The summed E-state index contributed by atoms with van der Waals surface area (Å²) >= 11 is 0. The number of urea groups is 1. The second-order valence-corrected chi connectivity index (χ2v) is 10.9. The number of likely N-dealkylation sites (tertiary alicyclic amines) is 2. The van der Waals surface area contributed by atoms with E-state index < -0.39 is 17.7 Å². The molecule has 1 atom stereocenters. The number of fused-ring (bicyclic) bond motifs is 1. The van der Waals surface area contributed by atoms with Crippen LogP contribution in [-0.2, 0) is 4.79 Å². The number of primary amides is 1. The molecule has 42 heavy (non-hydrogen) atoms. The van der Waals surface area contributed by atoms with Gasteiger partial charge in [-0.15, -0.1) is 0 Å². The molecule has 4 heterocycles. The van der Waals surface area contributed by atoms with E-state index >= 15 is 0 Å². The summed E-state index contributed by atoms with van der Waals surface area (Å²) in [6.07, 6.45) is 7.39. The SMILES string of the molecule is C=O.CCCN(C)CN1CCCCC(c2cccc(F)c2F)C1.NC(=O)N1CCC(n2c(=O)[nH]c3ncccc32)CC1. The Morgan fingerprint density at radius 2 is 1.86 bits per heavy atom. The van der Waals surface area contributed by atoms with Gasteiger partial charge in [-0.25, -0.2) is 23.4 Å². The minimum absolute atomic E-state index is 0.0843. The molecule has 230 valence electrons. The Bertz CT molecular complexity index is 1340. The number of aromatic nitrogens is 3. The first-order chi connectivity index (χ1) is 20.3. The highest BCUT2D eigenvalue weighted by Crippen LogP contribution is 2.29. The van der Waals surface area contributed by atoms with E-state index in [4.69, 9.17) is 10.5 Å². The average Bonchev–Trinajstić information content (AvgIpc) is 3.15. The van der Waals surface area contributed by atoms with Crippen molar-refractivity contribution in [3.8, 4) is 0 Å². The smallest absolute Gasteiger partial charge is 0.327 e. The maximum Gasteiger partial charge on any atom is 0.327 e. The molecule has 2 fully saturated rings. The zero-order valence-corrected chi connectivity index (χ0v) is 24.6. The molecule has 2 aliphatic rings. The van der Waals surface area contributed by atoms with E-state index in [0.29, 0.717) is 24.3 Å². The van der Waals surface area contributed by atoms with Gasteiger partial charge in [0, 0.05) is 31.9 Å². The van der Waals surface area contributed by atoms with E-state index in [1.807, 2.05) is 18.9 Å². The molecule has 3 N–H and O–H groups in total. The van der Waals surface area contributed by atoms with Crippen molar-refractivity contribution < 1.29 is 18.4 Å². The maximum absolute atomic E-state index is 14.0. The Labute approximate surface area is 245 Å². The molecule has 10 nitrogen and oxygen atoms in total. The van der Waals surface area contributed by atoms with Crippen LogP contribution in [0.5, 0.6) is 0 Å². The van der Waals surface area contributed by atoms with E-state index in [0.717, 1.165) is 70.3 Å². The third-order valence-corrected chi connectivity index (χ3v) is 7.85. The molecule has 12 heteroatoms. The first kappa shape index (κ1) is 32.9. The number of nitrogens with two attached hydrogens (primary N) is 1. The fourth-order valence-electron chi connectivity index (χ4n) is 5.90. The van der Waals surface area contributed by atoms with Crippen LogP contribution in [0.4, 0.5) is 13.6 Å². The molecule has 2 amide bonds. The molecule has 2 aliphatic heterocycles. The fraction of sp³-hybridized carbons (Fsp3) is 0.533. The van der Waals surface area contributed by atoms with Crippen LogP contribution < -0.4 is 11.4 Å². The standard InChI is InChI=1S/C17H26F2N2.C12H15N5O2.CH2O/c1-3-10-20(2)13-21-11-5-4-7-14(12-21)15-8-6-9-16(18)17(15)19;13-11(18)16-6-3-8(4-7-16)17-9-2-1-5-14-10(9)15-12(17)19;1-2/h6,8-9,14H,3-5,7,10-13H2,1-2H3;1-2,5,8H,3-4,6-7H2,(H2,13,18)(H,14,15,19);1H2. The number of carbonyl (C=O) groups is 2. The summed E-state index contributed by atoms with van der Waals surface area (Å²) in [5.41, 5.74) is 7.06. The van der Waals surface area contributed by atoms with Crippen LogP contribution in [0.1, 0.15) is 63.0 Å². The number of nitrogens with one attached hydrogen (secondary N) is 1. The summed E-state index contributed by atoms with van der Waals surface area (Å²) in [6.45, 7) is 9.16. The van der Waals surface area contributed by atoms with E-state index in [2.05, 4.69) is 33.7 Å². The van der Waals surface area contributed by atoms with Gasteiger partial charge in [-0.1, -0.05) is 25.5 Å². The van der Waals surface area contributed by atoms with Crippen LogP contribution in [0, 0.1) is 11.6 Å². The van der Waals surface area contributed by atoms with Crippen molar-refractivity contribution in [3.05, 3.63) is 64.2 Å². The lowest BCUT2D eigenvalue weighted by atomic mass is 9.94. The van der Waals surface area contributed by atoms with E-state index in [1.54, 1.807) is 27.8 Å². The summed E-state index contributed by atoms with van der Waals surface area (Å²) in [7, 11) is 2.12. The minimum Gasteiger partial charge on any atom is -0.351 e. The summed E-state index contributed by atoms with van der Waals surface area (Å²) in [5.74, 6) is -1.30. The molecule has 2 aromatic heterocycles. The second-order valence-electron chi connectivity index (χ2n) is 10.9. The molecule has 0 radical (unpaired) electrons. The quantitative estimate of drug-likeness (QED) is 0.448. The van der Waals surface area contributed by atoms with Gasteiger partial charge in [-0.3, -0.25) is 19.4 Å². The summed E-state index contributed by atoms with van der Waals surface area (Å²) in [6, 6.07) is 7.93. The lowest BCUT2D eigenvalue weighted by Crippen LogP contribution is -2.43. The minimum atomic E-state index is -0.730. The van der Waals surface area contributed by atoms with Crippen molar-refractivity contribution in [2.45, 2.75) is 57.4 Å². The van der Waals surface area contributed by atoms with E-state index in [9.17, 15) is 18.4 Å². The number of nitrogens with zero attached hydrogens (tertiary/aromatic N) is 5. The van der Waals surface area contributed by atoms with Gasteiger partial charge in [0.15, 0.2) is 17.3 Å². The predicted molar refractivity (Wildman–Crippen MR) is 159 cm³/mol. The van der Waals surface area contributed by atoms with Gasteiger partial charge >= 0.3 is 11.7 Å². The number of piperidine rings is 1. The van der Waals surface area contributed by atoms with Gasteiger partial charge < -0.3 is 15.4 Å². The molecule has 1 unspecified atom stereocenters. The summed E-state index contributed by atoms with van der Waals surface area (Å²) in [5, 5.41) is 0.